The van der Waals surface area contributed by atoms with E-state index in [1.165, 1.54) is 4.90 Å². The number of hydrogen-bond acceptors (Lipinski definition) is 6. The van der Waals surface area contributed by atoms with Crippen LogP contribution >= 0.6 is 0 Å². The molecule has 0 N–H and O–H groups in total. The van der Waals surface area contributed by atoms with E-state index < -0.39 is 6.04 Å². The molecular formula is C23H27N3O4. The van der Waals surface area contributed by atoms with Crippen LogP contribution in [-0.4, -0.2) is 63.2 Å². The third kappa shape index (κ3) is 3.73. The highest BCUT2D eigenvalue weighted by Crippen LogP contribution is 2.32. The van der Waals surface area contributed by atoms with Crippen LogP contribution in [-0.2, 0) is 9.59 Å². The molecule has 0 saturated carbocycles. The largest absolute Gasteiger partial charge is 0.497 e. The number of imide groups is 1. The fraction of sp³-hybridized carbons (Fsp3) is 0.391. The molecule has 0 aliphatic carbocycles. The molecule has 158 valence electrons. The van der Waals surface area contributed by atoms with Crippen molar-refractivity contribution in [2.45, 2.75) is 19.4 Å². The van der Waals surface area contributed by atoms with Gasteiger partial charge in [0.1, 0.15) is 11.5 Å². The van der Waals surface area contributed by atoms with Gasteiger partial charge in [-0.1, -0.05) is 12.1 Å². The second-order valence-electron chi connectivity index (χ2n) is 7.66. The van der Waals surface area contributed by atoms with Crippen LogP contribution < -0.4 is 19.3 Å². The lowest BCUT2D eigenvalue weighted by atomic mass is 10.1. The highest BCUT2D eigenvalue weighted by Gasteiger charge is 2.43. The molecule has 2 aromatic carbocycles. The molecule has 2 aliphatic rings. The predicted molar refractivity (Wildman–Crippen MR) is 115 cm³/mol. The van der Waals surface area contributed by atoms with Gasteiger partial charge in [0.05, 0.1) is 32.4 Å². The Morgan fingerprint density at radius 1 is 0.900 bits per heavy atom. The molecule has 0 aromatic heterocycles. The van der Waals surface area contributed by atoms with E-state index in [0.717, 1.165) is 43.2 Å². The van der Waals surface area contributed by atoms with E-state index >= 15 is 0 Å². The van der Waals surface area contributed by atoms with Crippen LogP contribution in [0.25, 0.3) is 0 Å². The maximum Gasteiger partial charge on any atom is 0.251 e. The van der Waals surface area contributed by atoms with E-state index in [-0.39, 0.29) is 18.2 Å². The van der Waals surface area contributed by atoms with Crippen LogP contribution in [0, 0.1) is 6.92 Å². The van der Waals surface area contributed by atoms with Crippen molar-refractivity contribution in [3.63, 3.8) is 0 Å². The molecule has 1 unspecified atom stereocenters. The number of piperazine rings is 1. The molecule has 2 amide bonds. The number of amides is 2. The highest BCUT2D eigenvalue weighted by molar-refractivity contribution is 6.22. The van der Waals surface area contributed by atoms with Gasteiger partial charge in [-0.25, -0.2) is 4.90 Å². The molecule has 1 atom stereocenters. The molecule has 0 spiro atoms. The standard InChI is InChI=1S/C23H27N3O4/c1-16-7-8-19(30-3)14-20(16)26-22(27)15-21(23(26)28)25-11-9-24(10-12-25)17-5-4-6-18(13-17)29-2/h4-8,13-14,21H,9-12,15H2,1-3H3. The molecule has 4 rings (SSSR count). The predicted octanol–water partition coefficient (Wildman–Crippen LogP) is 2.47. The summed E-state index contributed by atoms with van der Waals surface area (Å²) in [4.78, 5) is 31.7. The molecule has 2 aromatic rings. The summed E-state index contributed by atoms with van der Waals surface area (Å²) in [5.74, 6) is 1.16. The normalized spacial score (nSPS) is 20.0. The third-order valence-electron chi connectivity index (χ3n) is 5.95. The number of methoxy groups -OCH3 is 2. The number of carbonyl (C=O) groups is 2. The minimum absolute atomic E-state index is 0.147. The Labute approximate surface area is 176 Å². The zero-order chi connectivity index (χ0) is 21.3. The molecule has 7 nitrogen and oxygen atoms in total. The van der Waals surface area contributed by atoms with Gasteiger partial charge in [0.2, 0.25) is 5.91 Å². The van der Waals surface area contributed by atoms with Crippen molar-refractivity contribution in [2.24, 2.45) is 0 Å². The highest BCUT2D eigenvalue weighted by atomic mass is 16.5. The number of benzene rings is 2. The number of anilines is 2. The van der Waals surface area contributed by atoms with Crippen molar-refractivity contribution in [1.82, 2.24) is 4.90 Å². The van der Waals surface area contributed by atoms with E-state index in [9.17, 15) is 9.59 Å². The lowest BCUT2D eigenvalue weighted by Gasteiger charge is -2.38. The molecule has 7 heteroatoms. The average molecular weight is 409 g/mol. The minimum Gasteiger partial charge on any atom is -0.497 e. The van der Waals surface area contributed by atoms with Crippen molar-refractivity contribution in [3.8, 4) is 11.5 Å². The quantitative estimate of drug-likeness (QED) is 0.707. The van der Waals surface area contributed by atoms with Gasteiger partial charge in [0.25, 0.3) is 5.91 Å². The molecule has 0 bridgehead atoms. The summed E-state index contributed by atoms with van der Waals surface area (Å²) >= 11 is 0. The SMILES string of the molecule is COc1cccc(N2CCN(C3CC(=O)N(c4cc(OC)ccc4C)C3=O)CC2)c1. The zero-order valence-corrected chi connectivity index (χ0v) is 17.6. The van der Waals surface area contributed by atoms with Crippen molar-refractivity contribution >= 4 is 23.2 Å². The first kappa shape index (κ1) is 20.2. The number of rotatable bonds is 5. The van der Waals surface area contributed by atoms with Crippen molar-refractivity contribution in [3.05, 3.63) is 48.0 Å². The monoisotopic (exact) mass is 409 g/mol. The first-order chi connectivity index (χ1) is 14.5. The number of nitrogens with zero attached hydrogens (tertiary/aromatic N) is 3. The van der Waals surface area contributed by atoms with Gasteiger partial charge in [-0.3, -0.25) is 14.5 Å². The van der Waals surface area contributed by atoms with Crippen molar-refractivity contribution in [2.75, 3.05) is 50.2 Å². The van der Waals surface area contributed by atoms with Gasteiger partial charge in [0.15, 0.2) is 0 Å². The maximum atomic E-state index is 13.2. The third-order valence-corrected chi connectivity index (χ3v) is 5.95. The zero-order valence-electron chi connectivity index (χ0n) is 17.6. The van der Waals surface area contributed by atoms with Crippen LogP contribution in [0.1, 0.15) is 12.0 Å². The van der Waals surface area contributed by atoms with Gasteiger partial charge < -0.3 is 14.4 Å². The molecule has 0 radical (unpaired) electrons. The summed E-state index contributed by atoms with van der Waals surface area (Å²) in [6.45, 7) is 4.94. The summed E-state index contributed by atoms with van der Waals surface area (Å²) in [7, 11) is 3.24. The van der Waals surface area contributed by atoms with Crippen molar-refractivity contribution in [1.29, 1.82) is 0 Å². The lowest BCUT2D eigenvalue weighted by Crippen LogP contribution is -2.52. The van der Waals surface area contributed by atoms with E-state index in [2.05, 4.69) is 15.9 Å². The number of hydrogen-bond donors (Lipinski definition) is 0. The summed E-state index contributed by atoms with van der Waals surface area (Å²) in [5, 5.41) is 0. The first-order valence-corrected chi connectivity index (χ1v) is 10.2. The van der Waals surface area contributed by atoms with E-state index in [1.807, 2.05) is 37.3 Å². The Kier molecular flexibility index (Phi) is 5.63. The second-order valence-corrected chi connectivity index (χ2v) is 7.66. The van der Waals surface area contributed by atoms with Crippen LogP contribution in [0.4, 0.5) is 11.4 Å². The summed E-state index contributed by atoms with van der Waals surface area (Å²) in [6, 6.07) is 13.0. The Morgan fingerprint density at radius 3 is 2.30 bits per heavy atom. The average Bonchev–Trinajstić information content (AvgIpc) is 3.08. The Bertz CT molecular complexity index is 953. The molecule has 2 fully saturated rings. The first-order valence-electron chi connectivity index (χ1n) is 10.2. The Hall–Kier alpha value is -3.06. The van der Waals surface area contributed by atoms with E-state index in [0.29, 0.717) is 11.4 Å². The van der Waals surface area contributed by atoms with Gasteiger partial charge in [0, 0.05) is 44.0 Å². The fourth-order valence-corrected chi connectivity index (χ4v) is 4.21. The summed E-state index contributed by atoms with van der Waals surface area (Å²) < 4.78 is 10.6. The van der Waals surface area contributed by atoms with Crippen LogP contribution in [0.15, 0.2) is 42.5 Å². The number of ether oxygens (including phenoxy) is 2. The number of aryl methyl sites for hydroxylation is 1. The van der Waals surface area contributed by atoms with E-state index in [1.54, 1.807) is 20.3 Å². The summed E-state index contributed by atoms with van der Waals surface area (Å²) in [5.41, 5.74) is 2.60. The second kappa shape index (κ2) is 8.36. The van der Waals surface area contributed by atoms with Crippen LogP contribution in [0.2, 0.25) is 0 Å². The lowest BCUT2D eigenvalue weighted by molar-refractivity contribution is -0.123. The minimum atomic E-state index is -0.407. The molecule has 2 heterocycles. The maximum absolute atomic E-state index is 13.2. The molecule has 2 saturated heterocycles. The van der Waals surface area contributed by atoms with Crippen LogP contribution in [0.5, 0.6) is 11.5 Å². The number of carbonyl (C=O) groups excluding carboxylic acids is 2. The van der Waals surface area contributed by atoms with Crippen LogP contribution in [0.3, 0.4) is 0 Å². The Balaban J connectivity index is 1.46. The van der Waals surface area contributed by atoms with Gasteiger partial charge in [-0.2, -0.15) is 0 Å². The topological polar surface area (TPSA) is 62.3 Å². The Morgan fingerprint density at radius 2 is 1.60 bits per heavy atom. The molecule has 30 heavy (non-hydrogen) atoms. The van der Waals surface area contributed by atoms with Gasteiger partial charge in [-0.05, 0) is 30.7 Å². The molecular weight excluding hydrogens is 382 g/mol. The smallest absolute Gasteiger partial charge is 0.251 e. The van der Waals surface area contributed by atoms with Gasteiger partial charge in [-0.15, -0.1) is 0 Å². The van der Waals surface area contributed by atoms with E-state index in [4.69, 9.17) is 9.47 Å². The summed E-state index contributed by atoms with van der Waals surface area (Å²) in [6.07, 6.45) is 0.217. The fourth-order valence-electron chi connectivity index (χ4n) is 4.21. The molecule has 2 aliphatic heterocycles. The van der Waals surface area contributed by atoms with Gasteiger partial charge >= 0.3 is 0 Å². The van der Waals surface area contributed by atoms with Crippen molar-refractivity contribution < 1.29 is 19.1 Å².